The molecule has 0 radical (unpaired) electrons. The van der Waals surface area contributed by atoms with Gasteiger partial charge in [0.2, 0.25) is 5.79 Å². The maximum atomic E-state index is 14.5. The molecule has 5 rings (SSSR count). The van der Waals surface area contributed by atoms with Gasteiger partial charge in [-0.1, -0.05) is 49.3 Å². The van der Waals surface area contributed by atoms with Crippen molar-refractivity contribution in [1.82, 2.24) is 0 Å². The Hall–Kier alpha value is -3.09. The summed E-state index contributed by atoms with van der Waals surface area (Å²) in [6, 6.07) is 0. The lowest BCUT2D eigenvalue weighted by atomic mass is 9.75. The third-order valence-electron chi connectivity index (χ3n) is 16.8. The summed E-state index contributed by atoms with van der Waals surface area (Å²) in [5, 5.41) is 103. The molecule has 83 heavy (non-hydrogen) atoms. The molecule has 0 aromatic carbocycles. The van der Waals surface area contributed by atoms with E-state index < -0.39 is 158 Å². The van der Waals surface area contributed by atoms with Crippen molar-refractivity contribution < 1.29 is 112 Å². The fourth-order valence-electron chi connectivity index (χ4n) is 12.0. The van der Waals surface area contributed by atoms with Gasteiger partial charge in [-0.25, -0.2) is 4.79 Å². The van der Waals surface area contributed by atoms with Gasteiger partial charge in [-0.3, -0.25) is 0 Å². The number of ether oxygens (including phenoxy) is 13. The van der Waals surface area contributed by atoms with Crippen molar-refractivity contribution in [3.8, 4) is 0 Å². The zero-order chi connectivity index (χ0) is 62.1. The van der Waals surface area contributed by atoms with Crippen LogP contribution >= 0.6 is 0 Å². The van der Waals surface area contributed by atoms with Gasteiger partial charge in [0.25, 0.3) is 0 Å². The fourth-order valence-corrected chi connectivity index (χ4v) is 12.0. The molecule has 5 aliphatic heterocycles. The summed E-state index contributed by atoms with van der Waals surface area (Å²) in [7, 11) is 6.97. The van der Waals surface area contributed by atoms with Crippen molar-refractivity contribution >= 4 is 5.97 Å². The average molecular weight is 1190 g/mol. The predicted octanol–water partition coefficient (Wildman–Crippen LogP) is 2.84. The number of carbonyl (C=O) groups excluding carboxylic acids is 1. The number of allylic oxidation sites excluding steroid dienone is 5. The van der Waals surface area contributed by atoms with E-state index in [1.54, 1.807) is 53.7 Å². The Labute approximate surface area is 489 Å². The first kappa shape index (κ1) is 70.7. The van der Waals surface area contributed by atoms with E-state index in [9.17, 15) is 50.8 Å². The van der Waals surface area contributed by atoms with Crippen LogP contribution in [0.25, 0.3) is 0 Å². The lowest BCUT2D eigenvalue weighted by Gasteiger charge is -2.57. The Morgan fingerprint density at radius 3 is 1.99 bits per heavy atom. The summed E-state index contributed by atoms with van der Waals surface area (Å²) in [6.45, 7) is 18.2. The van der Waals surface area contributed by atoms with Crippen molar-refractivity contribution in [2.45, 2.75) is 242 Å². The molecule has 476 valence electrons. The van der Waals surface area contributed by atoms with Crippen LogP contribution in [0.1, 0.15) is 108 Å². The van der Waals surface area contributed by atoms with Crippen LogP contribution in [0.2, 0.25) is 0 Å². The van der Waals surface area contributed by atoms with Gasteiger partial charge in [0.1, 0.15) is 60.2 Å². The van der Waals surface area contributed by atoms with Crippen LogP contribution in [0.15, 0.2) is 70.1 Å². The average Bonchev–Trinajstić information content (AvgIpc) is 1.93. The number of methoxy groups -OCH3 is 5. The Bertz CT molecular complexity index is 2270. The van der Waals surface area contributed by atoms with E-state index >= 15 is 0 Å². The molecule has 0 aliphatic carbocycles. The van der Waals surface area contributed by atoms with Gasteiger partial charge in [-0.2, -0.15) is 0 Å². The molecule has 4 saturated heterocycles. The third kappa shape index (κ3) is 17.2. The van der Waals surface area contributed by atoms with E-state index in [4.69, 9.17) is 61.6 Å². The number of aliphatic hydroxyl groups is 9. The SMILES string of the molecule is COCCC[C@H]1O[C@@](O)([C@H](C)C2CC(OC)C(O)/C=C(C)/C=C(C)/C=C(/C)C(O[C@H]3O[C@H](C)[C@@H](OC)[C@H](O)[C@H]3O)C(C)/C=C(CO)/C=C(OC)\C=C(/C)C(=O)O2)[C@H](OC)[C@@H](O)[C@]1(C)O[C@H]1C[C@H](O)[C@H](O[C@H]2C[C@@](C)(O)[C@H](O)[C@@H](C)O2)[C@@H](C)O1. The van der Waals surface area contributed by atoms with Crippen LogP contribution in [0.3, 0.4) is 0 Å². The summed E-state index contributed by atoms with van der Waals surface area (Å²) in [5.41, 5.74) is -0.823. The first-order valence-electron chi connectivity index (χ1n) is 28.7. The molecule has 0 aromatic heterocycles. The molecule has 24 atom stereocenters. The molecule has 0 aromatic rings. The first-order valence-corrected chi connectivity index (χ1v) is 28.7. The van der Waals surface area contributed by atoms with Crippen molar-refractivity contribution in [2.75, 3.05) is 48.8 Å². The minimum Gasteiger partial charge on any atom is -0.497 e. The minimum absolute atomic E-state index is 0.0210. The largest absolute Gasteiger partial charge is 0.497 e. The monoisotopic (exact) mass is 1190 g/mol. The summed E-state index contributed by atoms with van der Waals surface area (Å²) >= 11 is 0. The molecule has 0 spiro atoms. The number of hydrogen-bond acceptors (Lipinski definition) is 23. The highest BCUT2D eigenvalue weighted by atomic mass is 16.7. The van der Waals surface area contributed by atoms with E-state index in [-0.39, 0.29) is 43.6 Å². The molecule has 9 N–H and O–H groups in total. The lowest BCUT2D eigenvalue weighted by molar-refractivity contribution is -0.416. The van der Waals surface area contributed by atoms with Gasteiger partial charge in [-0.15, -0.1) is 0 Å². The zero-order valence-electron chi connectivity index (χ0n) is 51.3. The van der Waals surface area contributed by atoms with Crippen molar-refractivity contribution in [3.63, 3.8) is 0 Å². The molecular formula is C60H98O23. The van der Waals surface area contributed by atoms with E-state index in [0.717, 1.165) is 5.57 Å². The van der Waals surface area contributed by atoms with E-state index in [1.807, 2.05) is 32.9 Å². The Morgan fingerprint density at radius 2 is 1.40 bits per heavy atom. The summed E-state index contributed by atoms with van der Waals surface area (Å²) < 4.78 is 78.8. The predicted molar refractivity (Wildman–Crippen MR) is 300 cm³/mol. The molecule has 0 saturated carbocycles. The summed E-state index contributed by atoms with van der Waals surface area (Å²) in [6.07, 6.45) is -11.5. The number of carbonyl (C=O) groups is 1. The maximum absolute atomic E-state index is 14.5. The Kier molecular flexibility index (Phi) is 26.1. The van der Waals surface area contributed by atoms with Gasteiger partial charge in [0.15, 0.2) is 18.9 Å². The second-order valence-electron chi connectivity index (χ2n) is 23.6. The van der Waals surface area contributed by atoms with Crippen LogP contribution in [0.5, 0.6) is 0 Å². The highest BCUT2D eigenvalue weighted by Gasteiger charge is 2.64. The fraction of sp³-hybridized carbons (Fsp3) is 0.783. The lowest BCUT2D eigenvalue weighted by Crippen LogP contribution is -2.74. The van der Waals surface area contributed by atoms with Crippen molar-refractivity contribution in [2.24, 2.45) is 11.8 Å². The van der Waals surface area contributed by atoms with Crippen LogP contribution in [0.4, 0.5) is 0 Å². The van der Waals surface area contributed by atoms with Gasteiger partial charge in [0, 0.05) is 65.8 Å². The summed E-state index contributed by atoms with van der Waals surface area (Å²) in [5.74, 6) is -4.99. The molecule has 5 heterocycles. The number of esters is 1. The van der Waals surface area contributed by atoms with Crippen molar-refractivity contribution in [3.05, 3.63) is 70.1 Å². The van der Waals surface area contributed by atoms with Crippen LogP contribution in [-0.4, -0.2) is 234 Å². The van der Waals surface area contributed by atoms with Gasteiger partial charge in [-0.05, 0) is 98.5 Å². The van der Waals surface area contributed by atoms with Gasteiger partial charge >= 0.3 is 5.97 Å². The second-order valence-corrected chi connectivity index (χ2v) is 23.6. The third-order valence-corrected chi connectivity index (χ3v) is 16.8. The molecule has 5 unspecified atom stereocenters. The quantitative estimate of drug-likeness (QED) is 0.0747. The minimum atomic E-state index is -2.46. The van der Waals surface area contributed by atoms with E-state index in [2.05, 4.69) is 0 Å². The number of cyclic esters (lactones) is 1. The molecule has 0 bridgehead atoms. The Morgan fingerprint density at radius 1 is 0.735 bits per heavy atom. The van der Waals surface area contributed by atoms with Crippen LogP contribution in [-0.2, 0) is 66.4 Å². The topological polar surface area (TPSA) is 319 Å². The molecule has 0 amide bonds. The van der Waals surface area contributed by atoms with Crippen molar-refractivity contribution in [1.29, 1.82) is 0 Å². The van der Waals surface area contributed by atoms with E-state index in [0.29, 0.717) is 23.1 Å². The van der Waals surface area contributed by atoms with Gasteiger partial charge < -0.3 is 108 Å². The maximum Gasteiger partial charge on any atom is 0.334 e. The molecule has 23 nitrogen and oxygen atoms in total. The Balaban J connectivity index is 1.51. The number of hydrogen-bond donors (Lipinski definition) is 9. The molecule has 23 heteroatoms. The molecule has 4 fully saturated rings. The second kappa shape index (κ2) is 30.7. The van der Waals surface area contributed by atoms with Crippen LogP contribution < -0.4 is 0 Å². The standard InChI is InChI=1S/C60H98O23/c1-30-20-31(2)22-41(62)44(73-14)27-43(79-56(68)34(5)24-40(72-13)25-39(29-61)23-33(4)50(32(3)21-30)81-57-49(65)48(64)52(74-15)37(8)78-57)35(6)60(70)55(75-16)54(67)59(11,45(82-60)18-17-19-71-12)83-46-26-42(63)51(36(7)76-46)80-47-28-58(10,69)53(66)38(9)77-47/h20-25,33,35-38,41-55,57,61-67,69-70H,17-19,26-29H2,1-16H3/b30-20+,31-22+,32-21-,34-24+,39-23-,40-25+/t33?,35-,36-,37-,38-,41?,42+,43?,44?,45-,46+,47+,48-,49-,50?,51-,52-,53-,54-,55-,57-,58-,59-,60+/m1/s1. The number of aliphatic hydroxyl groups excluding tert-OH is 7. The first-order chi connectivity index (χ1) is 38.9. The molecule has 5 aliphatic rings. The molecular weight excluding hydrogens is 1090 g/mol. The smallest absolute Gasteiger partial charge is 0.334 e. The zero-order valence-corrected chi connectivity index (χ0v) is 51.3. The van der Waals surface area contributed by atoms with Crippen LogP contribution in [0, 0.1) is 11.8 Å². The highest BCUT2D eigenvalue weighted by molar-refractivity contribution is 5.88. The normalized spacial score (nSPS) is 46.4. The van der Waals surface area contributed by atoms with Gasteiger partial charge in [0.05, 0.1) is 74.1 Å². The summed E-state index contributed by atoms with van der Waals surface area (Å²) in [4.78, 5) is 14.5. The number of rotatable bonds is 17. The highest BCUT2D eigenvalue weighted by Crippen LogP contribution is 2.47. The van der Waals surface area contributed by atoms with E-state index in [1.165, 1.54) is 61.5 Å².